The van der Waals surface area contributed by atoms with Crippen LogP contribution in [0.3, 0.4) is 0 Å². The minimum atomic E-state index is -0.437. The Bertz CT molecular complexity index is 1150. The Morgan fingerprint density at radius 1 is 1.12 bits per heavy atom. The average Bonchev–Trinajstić information content (AvgIpc) is 2.96. The molecule has 0 atom stereocenters. The molecular formula is C18H14N4O2S. The van der Waals surface area contributed by atoms with E-state index in [2.05, 4.69) is 15.8 Å². The summed E-state index contributed by atoms with van der Waals surface area (Å²) in [6.07, 6.45) is 0. The Morgan fingerprint density at radius 3 is 2.72 bits per heavy atom. The number of hydrazine groups is 1. The van der Waals surface area contributed by atoms with Crippen molar-refractivity contribution in [2.75, 3.05) is 5.43 Å². The van der Waals surface area contributed by atoms with E-state index in [9.17, 15) is 9.59 Å². The zero-order valence-corrected chi connectivity index (χ0v) is 14.1. The van der Waals surface area contributed by atoms with Crippen molar-refractivity contribution in [3.8, 4) is 0 Å². The van der Waals surface area contributed by atoms with Gasteiger partial charge in [0.15, 0.2) is 4.96 Å². The lowest BCUT2D eigenvalue weighted by atomic mass is 10.2. The molecule has 4 aromatic rings. The number of anilines is 1. The number of carbonyl (C=O) groups excluding carboxylic acids is 1. The van der Waals surface area contributed by atoms with E-state index in [1.807, 2.05) is 55.5 Å². The maximum absolute atomic E-state index is 12.6. The molecule has 0 spiro atoms. The number of thiazole rings is 1. The molecule has 0 saturated carbocycles. The highest BCUT2D eigenvalue weighted by Gasteiger charge is 2.16. The summed E-state index contributed by atoms with van der Waals surface area (Å²) in [5, 5.41) is 0. The van der Waals surface area contributed by atoms with Crippen LogP contribution in [0.1, 0.15) is 16.1 Å². The van der Waals surface area contributed by atoms with Crippen LogP contribution >= 0.6 is 11.3 Å². The number of hydrogen-bond acceptors (Lipinski definition) is 5. The van der Waals surface area contributed by atoms with Crippen molar-refractivity contribution in [2.45, 2.75) is 6.92 Å². The molecule has 7 heteroatoms. The molecule has 124 valence electrons. The topological polar surface area (TPSA) is 75.5 Å². The Balaban J connectivity index is 1.79. The number of hydrogen-bond donors (Lipinski definition) is 2. The van der Waals surface area contributed by atoms with Crippen LogP contribution in [0.25, 0.3) is 15.2 Å². The van der Waals surface area contributed by atoms with Crippen LogP contribution in [0, 0.1) is 6.92 Å². The first-order valence-electron chi connectivity index (χ1n) is 7.66. The van der Waals surface area contributed by atoms with Gasteiger partial charge < -0.3 is 0 Å². The number of para-hydroxylation sites is 1. The predicted octanol–water partition coefficient (Wildman–Crippen LogP) is 2.97. The van der Waals surface area contributed by atoms with Gasteiger partial charge in [-0.15, -0.1) is 0 Å². The third-order valence-corrected chi connectivity index (χ3v) is 4.79. The quantitative estimate of drug-likeness (QED) is 0.557. The highest BCUT2D eigenvalue weighted by Crippen LogP contribution is 2.26. The van der Waals surface area contributed by atoms with Gasteiger partial charge in [-0.05, 0) is 36.8 Å². The van der Waals surface area contributed by atoms with Gasteiger partial charge in [0.25, 0.3) is 11.5 Å². The van der Waals surface area contributed by atoms with E-state index < -0.39 is 11.5 Å². The predicted molar refractivity (Wildman–Crippen MR) is 99.1 cm³/mol. The molecule has 0 unspecified atom stereocenters. The Hall–Kier alpha value is -3.19. The number of aryl methyl sites for hydroxylation is 1. The molecule has 2 aromatic carbocycles. The lowest BCUT2D eigenvalue weighted by molar-refractivity contribution is 0.0956. The van der Waals surface area contributed by atoms with Crippen molar-refractivity contribution in [3.05, 3.63) is 76.2 Å². The number of aromatic nitrogens is 2. The summed E-state index contributed by atoms with van der Waals surface area (Å²) in [6, 6.07) is 16.4. The maximum Gasteiger partial charge on any atom is 0.286 e. The van der Waals surface area contributed by atoms with Gasteiger partial charge in [0.1, 0.15) is 5.69 Å². The van der Waals surface area contributed by atoms with Gasteiger partial charge in [-0.3, -0.25) is 24.8 Å². The number of nitrogens with one attached hydrogen (secondary N) is 2. The van der Waals surface area contributed by atoms with Crippen LogP contribution in [0.5, 0.6) is 0 Å². The van der Waals surface area contributed by atoms with Gasteiger partial charge in [-0.1, -0.05) is 35.6 Å². The molecule has 4 rings (SSSR count). The summed E-state index contributed by atoms with van der Waals surface area (Å²) >= 11 is 1.39. The molecule has 6 nitrogen and oxygen atoms in total. The molecule has 0 aliphatic carbocycles. The summed E-state index contributed by atoms with van der Waals surface area (Å²) in [5.74, 6) is -0.404. The van der Waals surface area contributed by atoms with Crippen LogP contribution in [-0.2, 0) is 0 Å². The summed E-state index contributed by atoms with van der Waals surface area (Å²) in [7, 11) is 0. The summed E-state index contributed by atoms with van der Waals surface area (Å²) in [4.78, 5) is 29.1. The van der Waals surface area contributed by atoms with Gasteiger partial charge in [0.2, 0.25) is 0 Å². The molecular weight excluding hydrogens is 336 g/mol. The molecule has 0 fully saturated rings. The van der Waals surface area contributed by atoms with Gasteiger partial charge in [-0.2, -0.15) is 4.98 Å². The monoisotopic (exact) mass is 350 g/mol. The molecule has 0 aliphatic rings. The number of rotatable bonds is 3. The maximum atomic E-state index is 12.6. The fraction of sp³-hybridized carbons (Fsp3) is 0.0556. The van der Waals surface area contributed by atoms with Crippen molar-refractivity contribution in [3.63, 3.8) is 0 Å². The number of amides is 1. The van der Waals surface area contributed by atoms with E-state index in [1.54, 1.807) is 4.40 Å². The molecule has 0 radical (unpaired) electrons. The molecule has 2 aromatic heterocycles. The van der Waals surface area contributed by atoms with E-state index >= 15 is 0 Å². The SMILES string of the molecule is Cc1ccc2c(c1)sc1nc(=O)cc(C(=O)NNc3ccccc3)n12. The van der Waals surface area contributed by atoms with E-state index in [0.29, 0.717) is 4.96 Å². The van der Waals surface area contributed by atoms with Crippen molar-refractivity contribution in [2.24, 2.45) is 0 Å². The molecule has 0 saturated heterocycles. The first-order valence-corrected chi connectivity index (χ1v) is 8.48. The highest BCUT2D eigenvalue weighted by atomic mass is 32.1. The standard InChI is InChI=1S/C18H14N4O2S/c1-11-7-8-13-15(9-11)25-18-19-16(23)10-14(22(13)18)17(24)21-20-12-5-3-2-4-6-12/h2-10,20H,1H3,(H,21,24). The number of nitrogens with zero attached hydrogens (tertiary/aromatic N) is 2. The van der Waals surface area contributed by atoms with Gasteiger partial charge in [0, 0.05) is 6.07 Å². The van der Waals surface area contributed by atoms with Crippen molar-refractivity contribution < 1.29 is 4.79 Å². The van der Waals surface area contributed by atoms with Crippen molar-refractivity contribution in [1.29, 1.82) is 0 Å². The summed E-state index contributed by atoms with van der Waals surface area (Å²) in [5.41, 5.74) is 7.99. The van der Waals surface area contributed by atoms with Crippen molar-refractivity contribution in [1.82, 2.24) is 14.8 Å². The van der Waals surface area contributed by atoms with Crippen molar-refractivity contribution >= 4 is 38.1 Å². The first kappa shape index (κ1) is 15.3. The second kappa shape index (κ2) is 6.03. The minimum absolute atomic E-state index is 0.244. The second-order valence-electron chi connectivity index (χ2n) is 5.62. The zero-order chi connectivity index (χ0) is 17.4. The molecule has 1 amide bonds. The zero-order valence-electron chi connectivity index (χ0n) is 13.3. The third-order valence-electron chi connectivity index (χ3n) is 3.78. The minimum Gasteiger partial charge on any atom is -0.298 e. The normalized spacial score (nSPS) is 10.9. The van der Waals surface area contributed by atoms with Crippen LogP contribution in [-0.4, -0.2) is 15.3 Å². The summed E-state index contributed by atoms with van der Waals surface area (Å²) in [6.45, 7) is 2.00. The Kier molecular flexibility index (Phi) is 3.70. The van der Waals surface area contributed by atoms with E-state index in [1.165, 1.54) is 17.4 Å². The number of fused-ring (bicyclic) bond motifs is 3. The van der Waals surface area contributed by atoms with Gasteiger partial charge in [0.05, 0.1) is 15.9 Å². The first-order chi connectivity index (χ1) is 12.1. The number of carbonyl (C=O) groups is 1. The van der Waals surface area contributed by atoms with Crippen LogP contribution in [0.4, 0.5) is 5.69 Å². The fourth-order valence-corrected chi connectivity index (χ4v) is 3.76. The molecule has 0 aliphatic heterocycles. The van der Waals surface area contributed by atoms with Gasteiger partial charge in [-0.25, -0.2) is 0 Å². The lowest BCUT2D eigenvalue weighted by Crippen LogP contribution is -2.32. The molecule has 25 heavy (non-hydrogen) atoms. The van der Waals surface area contributed by atoms with Crippen LogP contribution in [0.15, 0.2) is 59.4 Å². The smallest absolute Gasteiger partial charge is 0.286 e. The lowest BCUT2D eigenvalue weighted by Gasteiger charge is -2.09. The Morgan fingerprint density at radius 2 is 1.92 bits per heavy atom. The van der Waals surface area contributed by atoms with Gasteiger partial charge >= 0.3 is 0 Å². The molecule has 2 heterocycles. The third kappa shape index (κ3) is 2.85. The van der Waals surface area contributed by atoms with E-state index in [-0.39, 0.29) is 5.69 Å². The molecule has 0 bridgehead atoms. The summed E-state index contributed by atoms with van der Waals surface area (Å²) < 4.78 is 2.69. The van der Waals surface area contributed by atoms with E-state index in [0.717, 1.165) is 21.5 Å². The van der Waals surface area contributed by atoms with E-state index in [4.69, 9.17) is 0 Å². The van der Waals surface area contributed by atoms with Crippen LogP contribution in [0.2, 0.25) is 0 Å². The largest absolute Gasteiger partial charge is 0.298 e. The second-order valence-corrected chi connectivity index (χ2v) is 6.63. The number of benzene rings is 2. The fourth-order valence-electron chi connectivity index (χ4n) is 2.63. The molecule has 2 N–H and O–H groups in total. The van der Waals surface area contributed by atoms with Crippen LogP contribution < -0.4 is 16.4 Å². The highest BCUT2D eigenvalue weighted by molar-refractivity contribution is 7.23. The Labute approximate surface area is 146 Å². The average molecular weight is 350 g/mol.